The van der Waals surface area contributed by atoms with Crippen LogP contribution in [0.4, 0.5) is 29.5 Å². The maximum atomic E-state index is 14.5. The third-order valence-electron chi connectivity index (χ3n) is 4.68. The minimum Gasteiger partial charge on any atom is -0.406 e. The second kappa shape index (κ2) is 11.4. The molecule has 4 aromatic rings. The van der Waals surface area contributed by atoms with Crippen LogP contribution in [0, 0.1) is 5.82 Å². The summed E-state index contributed by atoms with van der Waals surface area (Å²) in [5, 5.41) is 7.73. The molecule has 0 fully saturated rings. The fourth-order valence-corrected chi connectivity index (χ4v) is 3.41. The van der Waals surface area contributed by atoms with E-state index in [4.69, 9.17) is 23.2 Å². The number of hydrogen-bond acceptors (Lipinski definition) is 7. The van der Waals surface area contributed by atoms with Crippen molar-refractivity contribution in [2.75, 3.05) is 10.7 Å². The van der Waals surface area contributed by atoms with Crippen LogP contribution in [0.15, 0.2) is 71.8 Å². The number of aromatic nitrogens is 3. The summed E-state index contributed by atoms with van der Waals surface area (Å²) >= 11 is 12.1. The summed E-state index contributed by atoms with van der Waals surface area (Å²) in [6.45, 7) is 0.334. The van der Waals surface area contributed by atoms with E-state index >= 15 is 0 Å². The molecule has 2 N–H and O–H groups in total. The molecule has 0 saturated heterocycles. The van der Waals surface area contributed by atoms with E-state index in [-0.39, 0.29) is 34.1 Å². The zero-order chi connectivity index (χ0) is 26.4. The number of alkyl halides is 3. The lowest BCUT2D eigenvalue weighted by molar-refractivity contribution is -0.274. The van der Waals surface area contributed by atoms with Gasteiger partial charge in [0.25, 0.3) is 0 Å². The van der Waals surface area contributed by atoms with Crippen LogP contribution in [0.5, 0.6) is 5.75 Å². The van der Waals surface area contributed by atoms with Crippen LogP contribution < -0.4 is 15.5 Å². The van der Waals surface area contributed by atoms with E-state index in [1.54, 1.807) is 12.1 Å². The van der Waals surface area contributed by atoms with Crippen molar-refractivity contribution < 1.29 is 22.3 Å². The molecule has 190 valence electrons. The van der Waals surface area contributed by atoms with Gasteiger partial charge >= 0.3 is 6.36 Å². The number of nitrogens with zero attached hydrogens (tertiary/aromatic N) is 4. The van der Waals surface area contributed by atoms with Gasteiger partial charge in [0.1, 0.15) is 11.6 Å². The van der Waals surface area contributed by atoms with E-state index in [0.717, 1.165) is 17.7 Å². The van der Waals surface area contributed by atoms with Crippen molar-refractivity contribution in [3.8, 4) is 17.1 Å². The number of nitrogens with one attached hydrogen (secondary N) is 2. The quantitative estimate of drug-likeness (QED) is 0.140. The van der Waals surface area contributed by atoms with E-state index in [9.17, 15) is 17.6 Å². The Morgan fingerprint density at radius 3 is 2.27 bits per heavy atom. The number of hydrogen-bond donors (Lipinski definition) is 2. The fourth-order valence-electron chi connectivity index (χ4n) is 3.03. The summed E-state index contributed by atoms with van der Waals surface area (Å²) in [7, 11) is 0. The lowest BCUT2D eigenvalue weighted by atomic mass is 10.2. The summed E-state index contributed by atoms with van der Waals surface area (Å²) in [5.41, 5.74) is 3.95. The molecule has 4 rings (SSSR count). The van der Waals surface area contributed by atoms with E-state index in [1.165, 1.54) is 36.5 Å². The first-order valence-corrected chi connectivity index (χ1v) is 11.3. The summed E-state index contributed by atoms with van der Waals surface area (Å²) in [6.07, 6.45) is -3.45. The van der Waals surface area contributed by atoms with Gasteiger partial charge in [-0.05, 0) is 59.7 Å². The van der Waals surface area contributed by atoms with Crippen molar-refractivity contribution in [3.63, 3.8) is 0 Å². The van der Waals surface area contributed by atoms with Crippen molar-refractivity contribution in [3.05, 3.63) is 93.7 Å². The van der Waals surface area contributed by atoms with Crippen LogP contribution in [-0.2, 0) is 6.54 Å². The fraction of sp³-hybridized carbons (Fsp3) is 0.0833. The Morgan fingerprint density at radius 1 is 0.892 bits per heavy atom. The van der Waals surface area contributed by atoms with Gasteiger partial charge < -0.3 is 10.1 Å². The van der Waals surface area contributed by atoms with Gasteiger partial charge in [0.15, 0.2) is 5.82 Å². The van der Waals surface area contributed by atoms with Gasteiger partial charge in [0, 0.05) is 11.6 Å². The van der Waals surface area contributed by atoms with Gasteiger partial charge in [0.2, 0.25) is 11.9 Å². The highest BCUT2D eigenvalue weighted by molar-refractivity contribution is 6.33. The van der Waals surface area contributed by atoms with Crippen LogP contribution in [0.3, 0.4) is 0 Å². The number of hydrazone groups is 1. The summed E-state index contributed by atoms with van der Waals surface area (Å²) in [6, 6.07) is 16.3. The van der Waals surface area contributed by atoms with Gasteiger partial charge in [-0.1, -0.05) is 41.4 Å². The number of rotatable bonds is 8. The predicted octanol–water partition coefficient (Wildman–Crippen LogP) is 6.94. The number of benzene rings is 3. The van der Waals surface area contributed by atoms with Gasteiger partial charge in [-0.2, -0.15) is 20.1 Å². The first-order valence-electron chi connectivity index (χ1n) is 10.5. The molecule has 0 aliphatic rings. The van der Waals surface area contributed by atoms with Gasteiger partial charge in [0.05, 0.1) is 16.8 Å². The van der Waals surface area contributed by atoms with E-state index in [2.05, 4.69) is 35.5 Å². The van der Waals surface area contributed by atoms with Crippen molar-refractivity contribution in [1.82, 2.24) is 15.0 Å². The minimum atomic E-state index is -4.78. The Hall–Kier alpha value is -3.96. The molecule has 0 unspecified atom stereocenters. The third kappa shape index (κ3) is 7.51. The Kier molecular flexibility index (Phi) is 8.04. The van der Waals surface area contributed by atoms with Gasteiger partial charge in [-0.15, -0.1) is 13.2 Å². The molecular weight excluding hydrogens is 535 g/mol. The average Bonchev–Trinajstić information content (AvgIpc) is 2.84. The number of ether oxygens (including phenoxy) is 1. The molecule has 0 saturated carbocycles. The van der Waals surface area contributed by atoms with Gasteiger partial charge in [-0.3, -0.25) is 0 Å². The highest BCUT2D eigenvalue weighted by atomic mass is 35.5. The van der Waals surface area contributed by atoms with E-state index in [1.807, 2.05) is 12.1 Å². The zero-order valence-electron chi connectivity index (χ0n) is 18.6. The molecule has 3 aromatic carbocycles. The Labute approximate surface area is 218 Å². The molecule has 0 amide bonds. The second-order valence-corrected chi connectivity index (χ2v) is 8.21. The largest absolute Gasteiger partial charge is 0.573 e. The highest BCUT2D eigenvalue weighted by Gasteiger charge is 2.30. The maximum absolute atomic E-state index is 14.5. The van der Waals surface area contributed by atoms with Crippen LogP contribution in [0.2, 0.25) is 10.0 Å². The minimum absolute atomic E-state index is 0.0200. The second-order valence-electron chi connectivity index (χ2n) is 7.37. The van der Waals surface area contributed by atoms with Crippen molar-refractivity contribution in [1.29, 1.82) is 0 Å². The van der Waals surface area contributed by atoms with Crippen LogP contribution >= 0.6 is 23.2 Å². The Bertz CT molecular complexity index is 1380. The Morgan fingerprint density at radius 2 is 1.59 bits per heavy atom. The molecule has 0 aliphatic carbocycles. The molecule has 0 spiro atoms. The standard InChI is InChI=1S/C24H16Cl2F4N6O/c25-16-8-4-14(5-9-16)12-31-22-33-21(20-18(26)2-1-3-19(20)27)34-23(35-22)36-32-13-15-6-10-17(11-7-15)37-24(28,29)30/h1-11,13H,12H2,(H2,31,33,34,35,36)/b32-13-. The van der Waals surface area contributed by atoms with E-state index in [0.29, 0.717) is 17.1 Å². The first kappa shape index (κ1) is 26.1. The summed E-state index contributed by atoms with van der Waals surface area (Å²) in [4.78, 5) is 12.7. The van der Waals surface area contributed by atoms with Crippen molar-refractivity contribution >= 4 is 41.3 Å². The first-order chi connectivity index (χ1) is 17.7. The van der Waals surface area contributed by atoms with Crippen molar-refractivity contribution in [2.45, 2.75) is 12.9 Å². The molecule has 7 nitrogen and oxygen atoms in total. The van der Waals surface area contributed by atoms with E-state index < -0.39 is 12.2 Å². The normalized spacial score (nSPS) is 11.5. The van der Waals surface area contributed by atoms with Crippen LogP contribution in [0.1, 0.15) is 11.1 Å². The lowest BCUT2D eigenvalue weighted by Gasteiger charge is -2.10. The molecule has 37 heavy (non-hydrogen) atoms. The van der Waals surface area contributed by atoms with Crippen LogP contribution in [-0.4, -0.2) is 27.5 Å². The van der Waals surface area contributed by atoms with Gasteiger partial charge in [-0.25, -0.2) is 9.82 Å². The molecule has 0 aliphatic heterocycles. The number of anilines is 2. The monoisotopic (exact) mass is 550 g/mol. The topological polar surface area (TPSA) is 84.3 Å². The molecule has 0 radical (unpaired) electrons. The molecule has 1 heterocycles. The Balaban J connectivity index is 1.56. The summed E-state index contributed by atoms with van der Waals surface area (Å²) in [5.74, 6) is -0.944. The van der Waals surface area contributed by atoms with Crippen molar-refractivity contribution in [2.24, 2.45) is 5.10 Å². The predicted molar refractivity (Wildman–Crippen MR) is 133 cm³/mol. The summed E-state index contributed by atoms with van der Waals surface area (Å²) < 4.78 is 55.3. The molecule has 0 bridgehead atoms. The smallest absolute Gasteiger partial charge is 0.406 e. The lowest BCUT2D eigenvalue weighted by Crippen LogP contribution is -2.17. The molecular formula is C24H16Cl2F4N6O. The van der Waals surface area contributed by atoms with Crippen LogP contribution in [0.25, 0.3) is 11.4 Å². The molecule has 13 heteroatoms. The highest BCUT2D eigenvalue weighted by Crippen LogP contribution is 2.29. The number of halogens is 6. The molecule has 0 atom stereocenters. The average molecular weight is 551 g/mol. The maximum Gasteiger partial charge on any atom is 0.573 e. The zero-order valence-corrected chi connectivity index (χ0v) is 20.1. The third-order valence-corrected chi connectivity index (χ3v) is 5.24. The SMILES string of the molecule is Fc1cccc(Cl)c1-c1nc(NCc2ccc(Cl)cc2)nc(N/N=C\c2ccc(OC(F)(F)F)cc2)n1. The molecule has 1 aromatic heterocycles.